The summed E-state index contributed by atoms with van der Waals surface area (Å²) in [5.74, 6) is 2.81. The first-order chi connectivity index (χ1) is 12.6. The van der Waals surface area contributed by atoms with E-state index in [1.165, 1.54) is 0 Å². The van der Waals surface area contributed by atoms with E-state index in [4.69, 9.17) is 9.47 Å². The van der Waals surface area contributed by atoms with Gasteiger partial charge in [-0.2, -0.15) is 11.8 Å². The number of likely N-dealkylation sites (tertiary alicyclic amines) is 1. The lowest BCUT2D eigenvalue weighted by atomic mass is 9.83. The molecule has 3 saturated heterocycles. The zero-order valence-electron chi connectivity index (χ0n) is 15.5. The first-order valence-electron chi connectivity index (χ1n) is 9.68. The minimum absolute atomic E-state index is 0.179. The Labute approximate surface area is 159 Å². The molecule has 6 heteroatoms. The SMILES string of the molecule is Cc1cccc(CO[C@@H]2CCOC3(C2)CN(C(=O)C2CCSCC2)C3)n1. The van der Waals surface area contributed by atoms with E-state index in [0.717, 1.165) is 61.7 Å². The lowest BCUT2D eigenvalue weighted by Gasteiger charge is -2.53. The highest BCUT2D eigenvalue weighted by Crippen LogP contribution is 2.37. The van der Waals surface area contributed by atoms with Crippen LogP contribution in [0.5, 0.6) is 0 Å². The number of carbonyl (C=O) groups excluding carboxylic acids is 1. The maximum atomic E-state index is 12.7. The first kappa shape index (κ1) is 18.3. The fraction of sp³-hybridized carbons (Fsp3) is 0.700. The number of carbonyl (C=O) groups is 1. The van der Waals surface area contributed by atoms with Gasteiger partial charge in [-0.05, 0) is 49.8 Å². The van der Waals surface area contributed by atoms with E-state index in [1.54, 1.807) is 0 Å². The van der Waals surface area contributed by atoms with E-state index in [-0.39, 0.29) is 17.6 Å². The number of amides is 1. The molecule has 4 rings (SSSR count). The van der Waals surface area contributed by atoms with Crippen molar-refractivity contribution in [2.45, 2.75) is 50.9 Å². The van der Waals surface area contributed by atoms with Crippen molar-refractivity contribution in [1.82, 2.24) is 9.88 Å². The number of hydrogen-bond acceptors (Lipinski definition) is 5. The van der Waals surface area contributed by atoms with Crippen LogP contribution in [0.15, 0.2) is 18.2 Å². The van der Waals surface area contributed by atoms with Crippen LogP contribution in [-0.2, 0) is 20.9 Å². The summed E-state index contributed by atoms with van der Waals surface area (Å²) in [6.45, 7) is 4.73. The number of aryl methyl sites for hydroxylation is 1. The van der Waals surface area contributed by atoms with E-state index < -0.39 is 0 Å². The molecule has 5 nitrogen and oxygen atoms in total. The van der Waals surface area contributed by atoms with Crippen molar-refractivity contribution in [3.63, 3.8) is 0 Å². The Morgan fingerprint density at radius 1 is 1.35 bits per heavy atom. The molecule has 26 heavy (non-hydrogen) atoms. The Bertz CT molecular complexity index is 642. The fourth-order valence-corrected chi connectivity index (χ4v) is 5.34. The van der Waals surface area contributed by atoms with Crippen molar-refractivity contribution in [2.24, 2.45) is 5.92 Å². The van der Waals surface area contributed by atoms with Crippen LogP contribution in [-0.4, -0.2) is 58.7 Å². The summed E-state index contributed by atoms with van der Waals surface area (Å²) in [7, 11) is 0. The zero-order valence-corrected chi connectivity index (χ0v) is 16.3. The number of pyridine rings is 1. The molecular formula is C20H28N2O3S. The van der Waals surface area contributed by atoms with Crippen LogP contribution < -0.4 is 0 Å². The molecule has 1 aromatic heterocycles. The molecule has 1 spiro atoms. The number of thioether (sulfide) groups is 1. The molecule has 1 aromatic rings. The van der Waals surface area contributed by atoms with Gasteiger partial charge < -0.3 is 14.4 Å². The van der Waals surface area contributed by atoms with Crippen molar-refractivity contribution in [2.75, 3.05) is 31.2 Å². The third kappa shape index (κ3) is 4.07. The van der Waals surface area contributed by atoms with E-state index in [9.17, 15) is 4.79 Å². The Kier molecular flexibility index (Phi) is 5.53. The minimum Gasteiger partial charge on any atom is -0.372 e. The summed E-state index contributed by atoms with van der Waals surface area (Å²) < 4.78 is 12.2. The summed E-state index contributed by atoms with van der Waals surface area (Å²) in [6, 6.07) is 6.03. The van der Waals surface area contributed by atoms with Gasteiger partial charge in [0, 0.05) is 24.6 Å². The second kappa shape index (κ2) is 7.87. The van der Waals surface area contributed by atoms with E-state index in [0.29, 0.717) is 19.1 Å². The fourth-order valence-electron chi connectivity index (χ4n) is 4.24. The second-order valence-corrected chi connectivity index (χ2v) is 9.03. The van der Waals surface area contributed by atoms with Gasteiger partial charge in [0.15, 0.2) is 0 Å². The quantitative estimate of drug-likeness (QED) is 0.809. The molecule has 0 radical (unpaired) electrons. The van der Waals surface area contributed by atoms with Gasteiger partial charge >= 0.3 is 0 Å². The van der Waals surface area contributed by atoms with Gasteiger partial charge in [0.25, 0.3) is 0 Å². The van der Waals surface area contributed by atoms with Crippen LogP contribution in [0.25, 0.3) is 0 Å². The number of rotatable bonds is 4. The molecule has 0 saturated carbocycles. The molecular weight excluding hydrogens is 348 g/mol. The number of ether oxygens (including phenoxy) is 2. The van der Waals surface area contributed by atoms with Crippen LogP contribution in [0.4, 0.5) is 0 Å². The molecule has 0 aromatic carbocycles. The summed E-state index contributed by atoms with van der Waals surface area (Å²) in [6.07, 6.45) is 4.05. The maximum Gasteiger partial charge on any atom is 0.225 e. The smallest absolute Gasteiger partial charge is 0.225 e. The highest BCUT2D eigenvalue weighted by atomic mass is 32.2. The monoisotopic (exact) mass is 376 g/mol. The Morgan fingerprint density at radius 2 is 2.15 bits per heavy atom. The second-order valence-electron chi connectivity index (χ2n) is 7.81. The normalized spacial score (nSPS) is 25.9. The third-order valence-electron chi connectivity index (χ3n) is 5.70. The molecule has 1 amide bonds. The first-order valence-corrected chi connectivity index (χ1v) is 10.8. The predicted molar refractivity (Wildman–Crippen MR) is 102 cm³/mol. The van der Waals surface area contributed by atoms with Crippen LogP contribution >= 0.6 is 11.8 Å². The van der Waals surface area contributed by atoms with Crippen molar-refractivity contribution >= 4 is 17.7 Å². The van der Waals surface area contributed by atoms with Gasteiger partial charge in [0.1, 0.15) is 5.60 Å². The molecule has 4 heterocycles. The van der Waals surface area contributed by atoms with Gasteiger partial charge in [0.05, 0.1) is 31.5 Å². The molecule has 3 aliphatic rings. The molecule has 3 fully saturated rings. The molecule has 0 aliphatic carbocycles. The third-order valence-corrected chi connectivity index (χ3v) is 6.75. The average Bonchev–Trinajstić information content (AvgIpc) is 2.65. The van der Waals surface area contributed by atoms with Crippen LogP contribution in [0.3, 0.4) is 0 Å². The number of aromatic nitrogens is 1. The summed E-state index contributed by atoms with van der Waals surface area (Å²) in [5.41, 5.74) is 1.82. The maximum absolute atomic E-state index is 12.7. The van der Waals surface area contributed by atoms with E-state index in [2.05, 4.69) is 4.98 Å². The van der Waals surface area contributed by atoms with Gasteiger partial charge in [0.2, 0.25) is 5.91 Å². The largest absolute Gasteiger partial charge is 0.372 e. The minimum atomic E-state index is -0.179. The van der Waals surface area contributed by atoms with Gasteiger partial charge in [-0.25, -0.2) is 0 Å². The molecule has 1 atom stereocenters. The number of hydrogen-bond donors (Lipinski definition) is 0. The highest BCUT2D eigenvalue weighted by Gasteiger charge is 2.50. The lowest BCUT2D eigenvalue weighted by Crippen LogP contribution is -2.68. The van der Waals surface area contributed by atoms with Crippen LogP contribution in [0.1, 0.15) is 37.1 Å². The van der Waals surface area contributed by atoms with Gasteiger partial charge in [-0.3, -0.25) is 9.78 Å². The van der Waals surface area contributed by atoms with Gasteiger partial charge in [-0.1, -0.05) is 6.07 Å². The standard InChI is InChI=1S/C20H28N2O3S/c1-15-3-2-4-17(21-15)12-24-18-5-8-25-20(11-18)13-22(14-20)19(23)16-6-9-26-10-7-16/h2-4,16,18H,5-14H2,1H3/t18-/m1/s1. The Morgan fingerprint density at radius 3 is 2.92 bits per heavy atom. The van der Waals surface area contributed by atoms with Crippen molar-refractivity contribution in [1.29, 1.82) is 0 Å². The average molecular weight is 377 g/mol. The topological polar surface area (TPSA) is 51.7 Å². The van der Waals surface area contributed by atoms with Crippen molar-refractivity contribution < 1.29 is 14.3 Å². The number of nitrogens with zero attached hydrogens (tertiary/aromatic N) is 2. The van der Waals surface area contributed by atoms with Crippen LogP contribution in [0.2, 0.25) is 0 Å². The molecule has 0 N–H and O–H groups in total. The predicted octanol–water partition coefficient (Wildman–Crippen LogP) is 2.81. The molecule has 142 valence electrons. The Hall–Kier alpha value is -1.11. The summed E-state index contributed by atoms with van der Waals surface area (Å²) >= 11 is 1.96. The van der Waals surface area contributed by atoms with Crippen LogP contribution in [0, 0.1) is 12.8 Å². The summed E-state index contributed by atoms with van der Waals surface area (Å²) in [4.78, 5) is 19.2. The van der Waals surface area contributed by atoms with Crippen molar-refractivity contribution in [3.05, 3.63) is 29.6 Å². The molecule has 3 aliphatic heterocycles. The molecule has 0 bridgehead atoms. The Balaban J connectivity index is 1.27. The van der Waals surface area contributed by atoms with E-state index >= 15 is 0 Å². The van der Waals surface area contributed by atoms with Gasteiger partial charge in [-0.15, -0.1) is 0 Å². The lowest BCUT2D eigenvalue weighted by molar-refractivity contribution is -0.204. The zero-order chi connectivity index (χ0) is 18.0. The molecule has 0 unspecified atom stereocenters. The highest BCUT2D eigenvalue weighted by molar-refractivity contribution is 7.99. The summed E-state index contributed by atoms with van der Waals surface area (Å²) in [5, 5.41) is 0. The van der Waals surface area contributed by atoms with E-state index in [1.807, 2.05) is 41.8 Å². The van der Waals surface area contributed by atoms with Crippen molar-refractivity contribution in [3.8, 4) is 0 Å².